The number of hydrogen-bond donors (Lipinski definition) is 1. The molecular formula is C22H21ClINO3S. The van der Waals surface area contributed by atoms with Gasteiger partial charge in [-0.15, -0.1) is 0 Å². The summed E-state index contributed by atoms with van der Waals surface area (Å²) in [6.07, 6.45) is 0. The van der Waals surface area contributed by atoms with Gasteiger partial charge in [0.15, 0.2) is 0 Å². The first kappa shape index (κ1) is 21.9. The summed E-state index contributed by atoms with van der Waals surface area (Å²) in [5.41, 5.74) is 3.58. The van der Waals surface area contributed by atoms with Crippen molar-refractivity contribution in [3.63, 3.8) is 0 Å². The van der Waals surface area contributed by atoms with E-state index in [1.165, 1.54) is 16.4 Å². The van der Waals surface area contributed by atoms with Gasteiger partial charge in [-0.25, -0.2) is 8.42 Å². The molecule has 0 aromatic heterocycles. The highest BCUT2D eigenvalue weighted by Crippen LogP contribution is 2.32. The summed E-state index contributed by atoms with van der Waals surface area (Å²) in [4.78, 5) is 0.302. The first-order valence-electron chi connectivity index (χ1n) is 8.93. The first-order valence-corrected chi connectivity index (χ1v) is 11.8. The minimum absolute atomic E-state index is 0.0349. The van der Waals surface area contributed by atoms with Crippen LogP contribution in [0.3, 0.4) is 0 Å². The van der Waals surface area contributed by atoms with E-state index in [2.05, 4.69) is 22.6 Å². The Labute approximate surface area is 190 Å². The summed E-state index contributed by atoms with van der Waals surface area (Å²) in [7, 11) is -3.86. The molecule has 0 aliphatic rings. The zero-order chi connectivity index (χ0) is 21.3. The van der Waals surface area contributed by atoms with Crippen LogP contribution in [0.15, 0.2) is 59.5 Å². The van der Waals surface area contributed by atoms with E-state index in [1.807, 2.05) is 45.0 Å². The Hall–Kier alpha value is -1.77. The summed E-state index contributed by atoms with van der Waals surface area (Å²) in [6.45, 7) is 5.62. The van der Waals surface area contributed by atoms with E-state index < -0.39 is 10.0 Å². The monoisotopic (exact) mass is 541 g/mol. The van der Waals surface area contributed by atoms with E-state index in [9.17, 15) is 13.5 Å². The number of phenols is 1. The normalized spacial score (nSPS) is 11.5. The van der Waals surface area contributed by atoms with E-state index in [4.69, 9.17) is 11.6 Å². The van der Waals surface area contributed by atoms with E-state index in [-0.39, 0.29) is 12.3 Å². The molecule has 0 saturated heterocycles. The molecule has 3 aromatic carbocycles. The lowest BCUT2D eigenvalue weighted by Gasteiger charge is -2.27. The average Bonchev–Trinajstić information content (AvgIpc) is 2.60. The Kier molecular flexibility index (Phi) is 6.45. The van der Waals surface area contributed by atoms with Crippen LogP contribution in [0, 0.1) is 24.3 Å². The number of halogens is 2. The van der Waals surface area contributed by atoms with Crippen molar-refractivity contribution >= 4 is 49.9 Å². The van der Waals surface area contributed by atoms with Gasteiger partial charge >= 0.3 is 0 Å². The van der Waals surface area contributed by atoms with Crippen LogP contribution in [0.2, 0.25) is 5.02 Å². The number of sulfonamides is 1. The van der Waals surface area contributed by atoms with Crippen LogP contribution in [-0.2, 0) is 16.6 Å². The topological polar surface area (TPSA) is 57.6 Å². The molecule has 0 saturated carbocycles. The summed E-state index contributed by atoms with van der Waals surface area (Å²) in [5, 5.41) is 9.95. The van der Waals surface area contributed by atoms with Gasteiger partial charge in [0.2, 0.25) is 0 Å². The molecule has 0 aliphatic heterocycles. The second kappa shape index (κ2) is 8.53. The lowest BCUT2D eigenvalue weighted by molar-refractivity contribution is 0.475. The lowest BCUT2D eigenvalue weighted by Crippen LogP contribution is -2.31. The predicted octanol–water partition coefficient (Wildman–Crippen LogP) is 5.97. The van der Waals surface area contributed by atoms with Crippen molar-refractivity contribution < 1.29 is 13.5 Å². The van der Waals surface area contributed by atoms with Crippen LogP contribution in [-0.4, -0.2) is 13.5 Å². The molecule has 0 aliphatic carbocycles. The first-order chi connectivity index (χ1) is 13.6. The van der Waals surface area contributed by atoms with Gasteiger partial charge in [-0.1, -0.05) is 35.4 Å². The molecule has 152 valence electrons. The maximum atomic E-state index is 13.8. The van der Waals surface area contributed by atoms with Gasteiger partial charge in [0.05, 0.1) is 17.1 Å². The van der Waals surface area contributed by atoms with Crippen molar-refractivity contribution in [1.29, 1.82) is 0 Å². The summed E-state index contributed by atoms with van der Waals surface area (Å²) in [6, 6.07) is 15.6. The molecule has 0 heterocycles. The maximum Gasteiger partial charge on any atom is 0.265 e. The summed E-state index contributed by atoms with van der Waals surface area (Å²) < 4.78 is 29.9. The number of rotatable bonds is 5. The number of aromatic hydroxyl groups is 1. The number of anilines is 1. The van der Waals surface area contributed by atoms with Crippen LogP contribution >= 0.6 is 34.2 Å². The van der Waals surface area contributed by atoms with Crippen LogP contribution in [0.25, 0.3) is 0 Å². The van der Waals surface area contributed by atoms with Crippen LogP contribution in [0.4, 0.5) is 5.69 Å². The third-order valence-corrected chi connectivity index (χ3v) is 7.77. The maximum absolute atomic E-state index is 13.8. The highest BCUT2D eigenvalue weighted by atomic mass is 127. The van der Waals surface area contributed by atoms with E-state index >= 15 is 0 Å². The van der Waals surface area contributed by atoms with E-state index in [1.54, 1.807) is 18.2 Å². The predicted molar refractivity (Wildman–Crippen MR) is 126 cm³/mol. The fraction of sp³-hybridized carbons (Fsp3) is 0.182. The van der Waals surface area contributed by atoms with Crippen molar-refractivity contribution in [2.24, 2.45) is 0 Å². The Balaban J connectivity index is 2.18. The van der Waals surface area contributed by atoms with Gasteiger partial charge in [-0.2, -0.15) is 0 Å². The molecule has 7 heteroatoms. The van der Waals surface area contributed by atoms with Crippen LogP contribution in [0.5, 0.6) is 5.75 Å². The van der Waals surface area contributed by atoms with Gasteiger partial charge in [0.25, 0.3) is 10.0 Å². The zero-order valence-electron chi connectivity index (χ0n) is 16.3. The van der Waals surface area contributed by atoms with Crippen molar-refractivity contribution in [3.05, 3.63) is 85.4 Å². The number of hydrogen-bond acceptors (Lipinski definition) is 3. The molecule has 0 atom stereocenters. The molecule has 3 aromatic rings. The highest BCUT2D eigenvalue weighted by molar-refractivity contribution is 14.1. The number of phenolic OH excluding ortho intramolecular Hbond substituents is 1. The second-order valence-electron chi connectivity index (χ2n) is 6.99. The summed E-state index contributed by atoms with van der Waals surface area (Å²) in [5.74, 6) is 0.0349. The summed E-state index contributed by atoms with van der Waals surface area (Å²) >= 11 is 8.47. The van der Waals surface area contributed by atoms with Crippen molar-refractivity contribution in [3.8, 4) is 5.75 Å². The van der Waals surface area contributed by atoms with Gasteiger partial charge in [0, 0.05) is 8.59 Å². The molecule has 0 spiro atoms. The molecule has 29 heavy (non-hydrogen) atoms. The van der Waals surface area contributed by atoms with E-state index in [0.717, 1.165) is 9.13 Å². The Morgan fingerprint density at radius 3 is 2.10 bits per heavy atom. The number of nitrogens with zero attached hydrogens (tertiary/aromatic N) is 1. The smallest absolute Gasteiger partial charge is 0.265 e. The van der Waals surface area contributed by atoms with Crippen LogP contribution in [0.1, 0.15) is 22.3 Å². The van der Waals surface area contributed by atoms with Crippen LogP contribution < -0.4 is 4.31 Å². The van der Waals surface area contributed by atoms with Gasteiger partial charge < -0.3 is 5.11 Å². The molecule has 0 unspecified atom stereocenters. The van der Waals surface area contributed by atoms with Gasteiger partial charge in [-0.05, 0) is 96.5 Å². The molecule has 1 N–H and O–H groups in total. The zero-order valence-corrected chi connectivity index (χ0v) is 20.0. The van der Waals surface area contributed by atoms with Gasteiger partial charge in [0.1, 0.15) is 5.75 Å². The van der Waals surface area contributed by atoms with Crippen molar-refractivity contribution in [1.82, 2.24) is 0 Å². The van der Waals surface area contributed by atoms with E-state index in [0.29, 0.717) is 32.3 Å². The lowest BCUT2D eigenvalue weighted by atomic mass is 10.1. The fourth-order valence-electron chi connectivity index (χ4n) is 3.43. The minimum Gasteiger partial charge on any atom is -0.508 e. The third kappa shape index (κ3) is 4.70. The molecule has 0 bridgehead atoms. The molecule has 0 fully saturated rings. The standard InChI is InChI=1S/C22H21ClINO3S/c1-14-10-15(2)22(16(3)11-14)29(27,28)25(19-7-5-18(24)6-8-19)13-17-4-9-20(26)12-21(17)23/h4-12,26H,13H2,1-3H3. The third-order valence-electron chi connectivity index (χ3n) is 4.62. The second-order valence-corrected chi connectivity index (χ2v) is 10.4. The number of benzene rings is 3. The Bertz CT molecular complexity index is 1140. The number of aryl methyl sites for hydroxylation is 3. The Morgan fingerprint density at radius 2 is 1.55 bits per heavy atom. The minimum atomic E-state index is -3.86. The average molecular weight is 542 g/mol. The molecule has 3 rings (SSSR count). The SMILES string of the molecule is Cc1cc(C)c(S(=O)(=O)N(Cc2ccc(O)cc2Cl)c2ccc(I)cc2)c(C)c1. The highest BCUT2D eigenvalue weighted by Gasteiger charge is 2.29. The quantitative estimate of drug-likeness (QED) is 0.405. The van der Waals surface area contributed by atoms with Crippen molar-refractivity contribution in [2.45, 2.75) is 32.2 Å². The molecule has 0 radical (unpaired) electrons. The molecular weight excluding hydrogens is 521 g/mol. The van der Waals surface area contributed by atoms with Gasteiger partial charge in [-0.3, -0.25) is 4.31 Å². The van der Waals surface area contributed by atoms with Crippen molar-refractivity contribution in [2.75, 3.05) is 4.31 Å². The largest absolute Gasteiger partial charge is 0.508 e. The molecule has 4 nitrogen and oxygen atoms in total. The fourth-order valence-corrected chi connectivity index (χ4v) is 5.88. The Morgan fingerprint density at radius 1 is 0.966 bits per heavy atom. The molecule has 0 amide bonds.